The van der Waals surface area contributed by atoms with Gasteiger partial charge in [0.1, 0.15) is 17.5 Å². The second kappa shape index (κ2) is 7.96. The molecule has 0 saturated heterocycles. The van der Waals surface area contributed by atoms with Crippen LogP contribution in [0.25, 0.3) is 16.3 Å². The Morgan fingerprint density at radius 2 is 1.74 bits per heavy atom. The van der Waals surface area contributed by atoms with Gasteiger partial charge in [-0.3, -0.25) is 9.59 Å². The summed E-state index contributed by atoms with van der Waals surface area (Å²) in [5.41, 5.74) is 3.90. The molecule has 0 amide bonds. The zero-order valence-corrected chi connectivity index (χ0v) is 18.7. The van der Waals surface area contributed by atoms with Crippen molar-refractivity contribution in [2.24, 2.45) is 7.05 Å². The molecule has 0 bridgehead atoms. The summed E-state index contributed by atoms with van der Waals surface area (Å²) in [6, 6.07) is 15.8. The summed E-state index contributed by atoms with van der Waals surface area (Å²) in [6.07, 6.45) is 3.18. The Kier molecular flexibility index (Phi) is 5.33. The fourth-order valence-corrected chi connectivity index (χ4v) is 4.77. The minimum absolute atomic E-state index is 0.0259. The maximum absolute atomic E-state index is 12.7. The Bertz CT molecular complexity index is 1330. The first-order valence-electron chi connectivity index (χ1n) is 9.89. The Morgan fingerprint density at radius 1 is 1.06 bits per heavy atom. The van der Waals surface area contributed by atoms with E-state index in [0.717, 1.165) is 32.2 Å². The van der Waals surface area contributed by atoms with Crippen molar-refractivity contribution < 1.29 is 19.3 Å². The number of hydrogen-bond donors (Lipinski definition) is 1. The number of ketones is 2. The molecule has 0 fully saturated rings. The van der Waals surface area contributed by atoms with Gasteiger partial charge >= 0.3 is 0 Å². The van der Waals surface area contributed by atoms with Gasteiger partial charge in [0.05, 0.1) is 11.1 Å². The Hall–Kier alpha value is -3.51. The van der Waals surface area contributed by atoms with Crippen LogP contribution < -0.4 is 9.47 Å². The van der Waals surface area contributed by atoms with Crippen LogP contribution in [0.1, 0.15) is 17.5 Å². The van der Waals surface area contributed by atoms with Crippen LogP contribution in [0.3, 0.4) is 0 Å². The number of aliphatic hydroxyl groups excluding tert-OH is 1. The van der Waals surface area contributed by atoms with Gasteiger partial charge < -0.3 is 10.0 Å². The van der Waals surface area contributed by atoms with Crippen LogP contribution in [0.4, 0.5) is 5.69 Å². The first-order chi connectivity index (χ1) is 14.8. The number of Topliss-reactive ketones (excluding diaryl/α,β-unsaturated/α-hetero) is 2. The minimum atomic E-state index is -0.690. The van der Waals surface area contributed by atoms with Gasteiger partial charge in [-0.05, 0) is 37.6 Å². The monoisotopic (exact) mass is 431 g/mol. The molecule has 31 heavy (non-hydrogen) atoms. The van der Waals surface area contributed by atoms with Gasteiger partial charge in [-0.15, -0.1) is 0 Å². The zero-order chi connectivity index (χ0) is 22.3. The van der Waals surface area contributed by atoms with Gasteiger partial charge in [-0.2, -0.15) is 4.57 Å². The number of aryl methyl sites for hydroxylation is 2. The van der Waals surface area contributed by atoms with Crippen molar-refractivity contribution in [3.8, 4) is 0 Å². The van der Waals surface area contributed by atoms with Crippen LogP contribution in [0.2, 0.25) is 0 Å². The molecule has 0 aliphatic heterocycles. The van der Waals surface area contributed by atoms with Crippen LogP contribution in [-0.2, 0) is 16.6 Å². The van der Waals surface area contributed by atoms with E-state index in [1.165, 1.54) is 11.3 Å². The number of carbonyl (C=O) groups excluding carboxylic acids is 2. The van der Waals surface area contributed by atoms with E-state index in [9.17, 15) is 14.7 Å². The maximum Gasteiger partial charge on any atom is 0.263 e. The molecule has 156 valence electrons. The summed E-state index contributed by atoms with van der Waals surface area (Å²) in [5, 5.41) is 11.6. The fraction of sp³-hybridized carbons (Fsp3) is 0.160. The molecule has 0 atom stereocenters. The van der Waals surface area contributed by atoms with E-state index in [1.807, 2.05) is 85.9 Å². The molecule has 0 spiro atoms. The fourth-order valence-electron chi connectivity index (χ4n) is 3.68. The van der Waals surface area contributed by atoms with Crippen molar-refractivity contribution >= 4 is 44.9 Å². The largest absolute Gasteiger partial charge is 0.506 e. The van der Waals surface area contributed by atoms with E-state index in [2.05, 4.69) is 0 Å². The molecule has 0 radical (unpaired) electrons. The highest BCUT2D eigenvalue weighted by atomic mass is 32.1. The van der Waals surface area contributed by atoms with E-state index in [-0.39, 0.29) is 16.9 Å². The summed E-state index contributed by atoms with van der Waals surface area (Å²) in [7, 11) is 3.79. The highest BCUT2D eigenvalue weighted by molar-refractivity contribution is 7.18. The predicted octanol–water partition coefficient (Wildman–Crippen LogP) is 4.42. The number of fused-ring (bicyclic) bond motifs is 1. The molecule has 1 N–H and O–H groups in total. The quantitative estimate of drug-likeness (QED) is 0.377. The number of carbonyl (C=O) groups is 2. The lowest BCUT2D eigenvalue weighted by atomic mass is 10.1. The smallest absolute Gasteiger partial charge is 0.263 e. The summed E-state index contributed by atoms with van der Waals surface area (Å²) >= 11 is 1.50. The first kappa shape index (κ1) is 20.8. The van der Waals surface area contributed by atoms with Crippen molar-refractivity contribution in [1.29, 1.82) is 0 Å². The lowest BCUT2D eigenvalue weighted by molar-refractivity contribution is -0.642. The number of thiazole rings is 1. The van der Waals surface area contributed by atoms with Crippen molar-refractivity contribution in [3.63, 3.8) is 0 Å². The molecule has 4 rings (SSSR count). The predicted molar refractivity (Wildman–Crippen MR) is 124 cm³/mol. The third-order valence-corrected chi connectivity index (χ3v) is 6.77. The highest BCUT2D eigenvalue weighted by Crippen LogP contribution is 2.30. The molecule has 0 saturated carbocycles. The lowest BCUT2D eigenvalue weighted by Crippen LogP contribution is -2.29. The number of para-hydroxylation sites is 2. The van der Waals surface area contributed by atoms with Gasteiger partial charge in [0.15, 0.2) is 0 Å². The minimum Gasteiger partial charge on any atom is -0.506 e. The topological polar surface area (TPSA) is 61.5 Å². The van der Waals surface area contributed by atoms with Gasteiger partial charge in [0, 0.05) is 30.6 Å². The second-order valence-electron chi connectivity index (χ2n) is 7.58. The molecule has 5 nitrogen and oxygen atoms in total. The lowest BCUT2D eigenvalue weighted by Gasteiger charge is -2.22. The number of anilines is 1. The Labute approximate surface area is 184 Å². The summed E-state index contributed by atoms with van der Waals surface area (Å²) < 4.78 is 3.01. The van der Waals surface area contributed by atoms with Crippen LogP contribution in [0.15, 0.2) is 77.2 Å². The van der Waals surface area contributed by atoms with Crippen LogP contribution in [0, 0.1) is 6.92 Å². The number of rotatable bonds is 4. The van der Waals surface area contributed by atoms with Crippen LogP contribution >= 0.6 is 11.3 Å². The number of aliphatic hydroxyl groups is 1. The number of allylic oxidation sites excluding steroid dienone is 4. The molecular weight excluding hydrogens is 408 g/mol. The summed E-state index contributed by atoms with van der Waals surface area (Å²) in [4.78, 5) is 27.3. The average Bonchev–Trinajstić information content (AvgIpc) is 3.18. The molecule has 1 aliphatic rings. The van der Waals surface area contributed by atoms with Gasteiger partial charge in [-0.25, -0.2) is 0 Å². The molecule has 3 aromatic rings. The van der Waals surface area contributed by atoms with Crippen LogP contribution in [0.5, 0.6) is 0 Å². The molecule has 0 unspecified atom stereocenters. The first-order valence-corrected chi connectivity index (χ1v) is 10.7. The van der Waals surface area contributed by atoms with Gasteiger partial charge in [0.25, 0.3) is 5.01 Å². The third-order valence-electron chi connectivity index (χ3n) is 5.60. The highest BCUT2D eigenvalue weighted by Gasteiger charge is 2.36. The van der Waals surface area contributed by atoms with Gasteiger partial charge in [0.2, 0.25) is 17.1 Å². The summed E-state index contributed by atoms with van der Waals surface area (Å²) in [6.45, 7) is 3.85. The number of nitrogens with zero attached hydrogens (tertiary/aromatic N) is 2. The van der Waals surface area contributed by atoms with Crippen molar-refractivity contribution in [1.82, 2.24) is 0 Å². The molecule has 2 aromatic carbocycles. The van der Waals surface area contributed by atoms with E-state index in [1.54, 1.807) is 12.2 Å². The van der Waals surface area contributed by atoms with E-state index in [0.29, 0.717) is 0 Å². The second-order valence-corrected chi connectivity index (χ2v) is 8.64. The van der Waals surface area contributed by atoms with Crippen LogP contribution in [-0.4, -0.2) is 23.7 Å². The van der Waals surface area contributed by atoms with E-state index < -0.39 is 11.6 Å². The Morgan fingerprint density at radius 3 is 2.45 bits per heavy atom. The number of hydrogen-bond acceptors (Lipinski definition) is 5. The average molecular weight is 432 g/mol. The molecule has 6 heteroatoms. The Balaban J connectivity index is 1.74. The number of aromatic nitrogens is 1. The maximum atomic E-state index is 12.7. The normalized spacial score (nSPS) is 16.1. The molecule has 1 aromatic heterocycles. The SMILES string of the molecule is C/C(=C/C1=C(O)C(=C/c2sc3ccccc3[n+]2C)/C(=O)C1=O)N(C)c1ccccc1C. The molecular formula is C25H23N2O3S+. The third kappa shape index (κ3) is 3.59. The van der Waals surface area contributed by atoms with Crippen molar-refractivity contribution in [2.75, 3.05) is 11.9 Å². The summed E-state index contributed by atoms with van der Waals surface area (Å²) in [5.74, 6) is -1.65. The van der Waals surface area contributed by atoms with E-state index in [4.69, 9.17) is 0 Å². The zero-order valence-electron chi connectivity index (χ0n) is 17.8. The molecule has 1 aliphatic carbocycles. The van der Waals surface area contributed by atoms with Crippen molar-refractivity contribution in [2.45, 2.75) is 13.8 Å². The van der Waals surface area contributed by atoms with Gasteiger partial charge in [-0.1, -0.05) is 41.7 Å². The standard InChI is InChI=1S/C25H22N2O3S/c1-15-9-5-6-10-19(15)26(3)16(2)13-17-23(28)18(25(30)24(17)29)14-22-27(4)20-11-7-8-12-21(20)31-22/h5-14H,1-4H3/p+1. The van der Waals surface area contributed by atoms with E-state index >= 15 is 0 Å². The number of benzene rings is 2. The van der Waals surface area contributed by atoms with Crippen molar-refractivity contribution in [3.05, 3.63) is 87.8 Å². The molecule has 1 heterocycles.